The summed E-state index contributed by atoms with van der Waals surface area (Å²) in [5.41, 5.74) is 6.95. The van der Waals surface area contributed by atoms with Gasteiger partial charge in [0.25, 0.3) is 5.91 Å². The predicted octanol–water partition coefficient (Wildman–Crippen LogP) is 6.85. The number of nitrogens with one attached hydrogen (secondary N) is 1. The van der Waals surface area contributed by atoms with Crippen molar-refractivity contribution in [2.24, 2.45) is 0 Å². The molecule has 0 radical (unpaired) electrons. The molecule has 0 atom stereocenters. The lowest BCUT2D eigenvalue weighted by molar-refractivity contribution is 0.102. The van der Waals surface area contributed by atoms with Crippen LogP contribution in [0.1, 0.15) is 27.0 Å². The third-order valence-corrected chi connectivity index (χ3v) is 5.79. The van der Waals surface area contributed by atoms with E-state index in [2.05, 4.69) is 27.3 Å². The summed E-state index contributed by atoms with van der Waals surface area (Å²) in [4.78, 5) is 18.3. The summed E-state index contributed by atoms with van der Waals surface area (Å²) in [6, 6.07) is 19.5. The van der Waals surface area contributed by atoms with Crippen LogP contribution in [-0.4, -0.2) is 18.0 Å². The van der Waals surface area contributed by atoms with Crippen molar-refractivity contribution < 1.29 is 9.53 Å². The molecule has 0 aliphatic carbocycles. The number of aromatic nitrogens is 1. The number of benzene rings is 3. The summed E-state index contributed by atoms with van der Waals surface area (Å²) in [5.74, 6) is 0.587. The van der Waals surface area contributed by atoms with Crippen LogP contribution in [0.15, 0.2) is 65.1 Å². The zero-order valence-corrected chi connectivity index (χ0v) is 19.5. The van der Waals surface area contributed by atoms with Gasteiger partial charge in [-0.05, 0) is 74.4 Å². The van der Waals surface area contributed by atoms with Gasteiger partial charge in [0.2, 0.25) is 0 Å². The van der Waals surface area contributed by atoms with Crippen molar-refractivity contribution in [1.29, 1.82) is 0 Å². The molecule has 1 amide bonds. The lowest BCUT2D eigenvalue weighted by Crippen LogP contribution is -2.14. The molecule has 1 N–H and O–H groups in total. The number of amides is 1. The molecule has 0 aliphatic heterocycles. The Hall–Kier alpha value is -3.18. The van der Waals surface area contributed by atoms with E-state index < -0.39 is 0 Å². The fourth-order valence-electron chi connectivity index (χ4n) is 3.76. The van der Waals surface area contributed by atoms with Crippen molar-refractivity contribution in [2.75, 3.05) is 12.4 Å². The number of rotatable bonds is 4. The van der Waals surface area contributed by atoms with Gasteiger partial charge in [0, 0.05) is 21.1 Å². The van der Waals surface area contributed by atoms with E-state index in [-0.39, 0.29) is 5.91 Å². The van der Waals surface area contributed by atoms with Crippen LogP contribution in [-0.2, 0) is 0 Å². The van der Waals surface area contributed by atoms with E-state index in [0.717, 1.165) is 54.8 Å². The van der Waals surface area contributed by atoms with Gasteiger partial charge in [0.05, 0.1) is 23.9 Å². The van der Waals surface area contributed by atoms with Gasteiger partial charge in [-0.1, -0.05) is 39.7 Å². The Morgan fingerprint density at radius 1 is 0.968 bits per heavy atom. The van der Waals surface area contributed by atoms with Gasteiger partial charge in [-0.2, -0.15) is 0 Å². The third-order valence-electron chi connectivity index (χ3n) is 5.30. The maximum Gasteiger partial charge on any atom is 0.256 e. The molecule has 3 aromatic carbocycles. The number of methoxy groups -OCH3 is 1. The minimum absolute atomic E-state index is 0.160. The number of anilines is 1. The summed E-state index contributed by atoms with van der Waals surface area (Å²) in [7, 11) is 1.64. The van der Waals surface area contributed by atoms with Crippen LogP contribution in [0.2, 0.25) is 0 Å². The number of ether oxygens (including phenoxy) is 1. The van der Waals surface area contributed by atoms with Crippen molar-refractivity contribution in [3.05, 3.63) is 87.4 Å². The first-order valence-corrected chi connectivity index (χ1v) is 10.8. The highest BCUT2D eigenvalue weighted by Crippen LogP contribution is 2.30. The molecule has 4 rings (SSSR count). The number of aryl methyl sites for hydroxylation is 3. The van der Waals surface area contributed by atoms with Crippen LogP contribution in [0.4, 0.5) is 5.69 Å². The molecule has 0 fully saturated rings. The molecule has 0 unspecified atom stereocenters. The van der Waals surface area contributed by atoms with Crippen molar-refractivity contribution >= 4 is 38.4 Å². The van der Waals surface area contributed by atoms with Crippen LogP contribution in [0, 0.1) is 20.8 Å². The predicted molar refractivity (Wildman–Crippen MR) is 130 cm³/mol. The molecule has 0 saturated heterocycles. The number of hydrogen-bond acceptors (Lipinski definition) is 3. The topological polar surface area (TPSA) is 51.2 Å². The smallest absolute Gasteiger partial charge is 0.256 e. The Morgan fingerprint density at radius 2 is 1.77 bits per heavy atom. The molecule has 4 nitrogen and oxygen atoms in total. The van der Waals surface area contributed by atoms with Gasteiger partial charge in [-0.25, -0.2) is 4.98 Å². The van der Waals surface area contributed by atoms with E-state index in [4.69, 9.17) is 9.72 Å². The van der Waals surface area contributed by atoms with Gasteiger partial charge in [-0.15, -0.1) is 0 Å². The maximum absolute atomic E-state index is 13.4. The normalized spacial score (nSPS) is 10.9. The zero-order chi connectivity index (χ0) is 22.1. The van der Waals surface area contributed by atoms with Crippen molar-refractivity contribution in [1.82, 2.24) is 4.98 Å². The molecule has 0 spiro atoms. The van der Waals surface area contributed by atoms with Crippen LogP contribution in [0.3, 0.4) is 0 Å². The molecular formula is C26H23BrN2O2. The Morgan fingerprint density at radius 3 is 2.52 bits per heavy atom. The Kier molecular flexibility index (Phi) is 5.79. The highest BCUT2D eigenvalue weighted by molar-refractivity contribution is 9.10. The van der Waals surface area contributed by atoms with Gasteiger partial charge in [-0.3, -0.25) is 4.79 Å². The fourth-order valence-corrected chi connectivity index (χ4v) is 4.23. The SMILES string of the molecule is COc1cccc(-c2cc(C(=O)Nc3ccc(Br)cc3C)c3cc(C)cc(C)c3n2)c1. The second kappa shape index (κ2) is 8.52. The second-order valence-electron chi connectivity index (χ2n) is 7.68. The average Bonchev–Trinajstić information content (AvgIpc) is 2.75. The van der Waals surface area contributed by atoms with Crippen LogP contribution >= 0.6 is 15.9 Å². The van der Waals surface area contributed by atoms with Gasteiger partial charge in [0.15, 0.2) is 0 Å². The number of halogens is 1. The highest BCUT2D eigenvalue weighted by atomic mass is 79.9. The maximum atomic E-state index is 13.4. The van der Waals surface area contributed by atoms with Gasteiger partial charge in [0.1, 0.15) is 5.75 Å². The molecule has 0 aliphatic rings. The third kappa shape index (κ3) is 4.32. The molecule has 1 aromatic heterocycles. The molecule has 1 heterocycles. The first-order valence-electron chi connectivity index (χ1n) is 9.99. The largest absolute Gasteiger partial charge is 0.497 e. The lowest BCUT2D eigenvalue weighted by atomic mass is 9.99. The van der Waals surface area contributed by atoms with E-state index in [1.807, 2.05) is 75.4 Å². The van der Waals surface area contributed by atoms with Crippen molar-refractivity contribution in [3.8, 4) is 17.0 Å². The standard InChI is InChI=1S/C26H23BrN2O2/c1-15-10-17(3)25-21(11-15)22(26(30)29-23-9-8-19(27)12-16(23)2)14-24(28-25)18-6-5-7-20(13-18)31-4/h5-14H,1-4H3,(H,29,30). The summed E-state index contributed by atoms with van der Waals surface area (Å²) in [5, 5.41) is 3.92. The van der Waals surface area contributed by atoms with Crippen LogP contribution in [0.5, 0.6) is 5.75 Å². The highest BCUT2D eigenvalue weighted by Gasteiger charge is 2.17. The van der Waals surface area contributed by atoms with Gasteiger partial charge < -0.3 is 10.1 Å². The van der Waals surface area contributed by atoms with Crippen LogP contribution in [0.25, 0.3) is 22.2 Å². The number of hydrogen-bond donors (Lipinski definition) is 1. The minimum Gasteiger partial charge on any atom is -0.497 e. The van der Waals surface area contributed by atoms with Gasteiger partial charge >= 0.3 is 0 Å². The molecule has 5 heteroatoms. The summed E-state index contributed by atoms with van der Waals surface area (Å²) < 4.78 is 6.35. The lowest BCUT2D eigenvalue weighted by Gasteiger charge is -2.14. The molecular weight excluding hydrogens is 452 g/mol. The average molecular weight is 475 g/mol. The first kappa shape index (κ1) is 21.1. The quantitative estimate of drug-likeness (QED) is 0.351. The number of carbonyl (C=O) groups excluding carboxylic acids is 1. The molecule has 0 bridgehead atoms. The van der Waals surface area contributed by atoms with E-state index in [9.17, 15) is 4.79 Å². The van der Waals surface area contributed by atoms with E-state index in [1.54, 1.807) is 7.11 Å². The van der Waals surface area contributed by atoms with E-state index >= 15 is 0 Å². The number of pyridine rings is 1. The summed E-state index contributed by atoms with van der Waals surface area (Å²) in [6.07, 6.45) is 0. The molecule has 0 saturated carbocycles. The van der Waals surface area contributed by atoms with Crippen molar-refractivity contribution in [3.63, 3.8) is 0 Å². The Labute approximate surface area is 190 Å². The number of fused-ring (bicyclic) bond motifs is 1. The monoisotopic (exact) mass is 474 g/mol. The number of nitrogens with zero attached hydrogens (tertiary/aromatic N) is 1. The molecule has 156 valence electrons. The first-order chi connectivity index (χ1) is 14.9. The molecule has 31 heavy (non-hydrogen) atoms. The minimum atomic E-state index is -0.160. The zero-order valence-electron chi connectivity index (χ0n) is 17.9. The second-order valence-corrected chi connectivity index (χ2v) is 8.59. The fraction of sp³-hybridized carbons (Fsp3) is 0.154. The van der Waals surface area contributed by atoms with E-state index in [0.29, 0.717) is 5.56 Å². The van der Waals surface area contributed by atoms with Crippen molar-refractivity contribution in [2.45, 2.75) is 20.8 Å². The van der Waals surface area contributed by atoms with E-state index in [1.165, 1.54) is 0 Å². The molecule has 4 aromatic rings. The Bertz CT molecular complexity index is 1310. The summed E-state index contributed by atoms with van der Waals surface area (Å²) >= 11 is 3.47. The van der Waals surface area contributed by atoms with Crippen LogP contribution < -0.4 is 10.1 Å². The number of carbonyl (C=O) groups is 1. The Balaban J connectivity index is 1.88. The summed E-state index contributed by atoms with van der Waals surface area (Å²) in [6.45, 7) is 6.03.